The van der Waals surface area contributed by atoms with Crippen LogP contribution in [0.25, 0.3) is 6.08 Å². The summed E-state index contributed by atoms with van der Waals surface area (Å²) in [6.07, 6.45) is 7.02. The second kappa shape index (κ2) is 5.45. The third-order valence-corrected chi connectivity index (χ3v) is 4.28. The molecule has 0 amide bonds. The van der Waals surface area contributed by atoms with Crippen LogP contribution in [0.5, 0.6) is 0 Å². The van der Waals surface area contributed by atoms with Crippen molar-refractivity contribution in [3.8, 4) is 0 Å². The quantitative estimate of drug-likeness (QED) is 0.863. The van der Waals surface area contributed by atoms with Crippen LogP contribution in [0.4, 0.5) is 0 Å². The first kappa shape index (κ1) is 12.8. The summed E-state index contributed by atoms with van der Waals surface area (Å²) >= 11 is 0. The number of nitrogens with zero attached hydrogens (tertiary/aromatic N) is 4. The monoisotopic (exact) mass is 280 g/mol. The Bertz CT molecular complexity index is 640. The van der Waals surface area contributed by atoms with Crippen molar-refractivity contribution in [1.29, 1.82) is 0 Å². The lowest BCUT2D eigenvalue weighted by Gasteiger charge is -2.26. The minimum Gasteiger partial charge on any atom is -0.312 e. The zero-order chi connectivity index (χ0) is 14.1. The normalized spacial score (nSPS) is 19.0. The molecule has 1 aromatic heterocycles. The smallest absolute Gasteiger partial charge is 0.147 e. The van der Waals surface area contributed by atoms with Crippen molar-refractivity contribution in [2.24, 2.45) is 0 Å². The van der Waals surface area contributed by atoms with E-state index >= 15 is 0 Å². The summed E-state index contributed by atoms with van der Waals surface area (Å²) in [4.78, 5) is 2.43. The van der Waals surface area contributed by atoms with E-state index in [1.54, 1.807) is 0 Å². The van der Waals surface area contributed by atoms with Gasteiger partial charge in [0, 0.05) is 25.6 Å². The summed E-state index contributed by atoms with van der Waals surface area (Å²) in [6, 6.07) is 10.5. The molecule has 1 fully saturated rings. The largest absolute Gasteiger partial charge is 0.312 e. The fourth-order valence-electron chi connectivity index (χ4n) is 2.93. The molecule has 2 aromatic rings. The summed E-state index contributed by atoms with van der Waals surface area (Å²) in [7, 11) is 0. The average Bonchev–Trinajstić information content (AvgIpc) is 3.28. The standard InChI is InChI=1S/C17H20N4/c1-2-5-14(6-3-1)7-4-10-20-11-12-21-16(13-20)18-19-17(21)15-8-9-15/h1-7,15H,8-13H2/b7-4+. The van der Waals surface area contributed by atoms with Gasteiger partial charge in [-0.1, -0.05) is 42.5 Å². The summed E-state index contributed by atoms with van der Waals surface area (Å²) in [5.41, 5.74) is 1.26. The van der Waals surface area contributed by atoms with Crippen LogP contribution in [-0.2, 0) is 13.1 Å². The zero-order valence-corrected chi connectivity index (χ0v) is 12.2. The molecule has 4 heteroatoms. The van der Waals surface area contributed by atoms with Crippen molar-refractivity contribution < 1.29 is 0 Å². The van der Waals surface area contributed by atoms with Gasteiger partial charge in [0.15, 0.2) is 0 Å². The number of aromatic nitrogens is 3. The molecule has 2 heterocycles. The summed E-state index contributed by atoms with van der Waals surface area (Å²) < 4.78 is 2.34. The molecule has 1 saturated carbocycles. The first-order valence-electron chi connectivity index (χ1n) is 7.76. The van der Waals surface area contributed by atoms with E-state index in [0.29, 0.717) is 5.92 Å². The van der Waals surface area contributed by atoms with Gasteiger partial charge < -0.3 is 4.57 Å². The highest BCUT2D eigenvalue weighted by molar-refractivity contribution is 5.48. The van der Waals surface area contributed by atoms with Crippen LogP contribution >= 0.6 is 0 Å². The van der Waals surface area contributed by atoms with Crippen molar-refractivity contribution in [2.45, 2.75) is 31.8 Å². The SMILES string of the molecule is C(=C\c1ccccc1)/CN1CCn2c(nnc2C2CC2)C1. The minimum atomic E-state index is 0.691. The Kier molecular flexibility index (Phi) is 3.31. The molecule has 0 saturated heterocycles. The number of hydrogen-bond acceptors (Lipinski definition) is 3. The molecule has 1 aromatic carbocycles. The Balaban J connectivity index is 1.38. The van der Waals surface area contributed by atoms with Crippen LogP contribution in [-0.4, -0.2) is 32.8 Å². The molecule has 0 bridgehead atoms. The summed E-state index contributed by atoms with van der Waals surface area (Å²) in [6.45, 7) is 4.01. The Hall–Kier alpha value is -1.94. The maximum absolute atomic E-state index is 4.39. The number of fused-ring (bicyclic) bond motifs is 1. The summed E-state index contributed by atoms with van der Waals surface area (Å²) in [5.74, 6) is 3.05. The molecule has 21 heavy (non-hydrogen) atoms. The Morgan fingerprint density at radius 1 is 1.10 bits per heavy atom. The highest BCUT2D eigenvalue weighted by Gasteiger charge is 2.31. The predicted molar refractivity (Wildman–Crippen MR) is 82.8 cm³/mol. The third kappa shape index (κ3) is 2.76. The van der Waals surface area contributed by atoms with E-state index in [1.165, 1.54) is 24.2 Å². The van der Waals surface area contributed by atoms with Gasteiger partial charge in [0.05, 0.1) is 6.54 Å². The molecule has 0 atom stereocenters. The third-order valence-electron chi connectivity index (χ3n) is 4.28. The number of benzene rings is 1. The number of rotatable bonds is 4. The van der Waals surface area contributed by atoms with Gasteiger partial charge in [-0.2, -0.15) is 0 Å². The fraction of sp³-hybridized carbons (Fsp3) is 0.412. The van der Waals surface area contributed by atoms with Crippen molar-refractivity contribution in [3.05, 3.63) is 53.6 Å². The molecular formula is C17H20N4. The van der Waals surface area contributed by atoms with E-state index in [1.807, 2.05) is 6.07 Å². The van der Waals surface area contributed by atoms with Gasteiger partial charge in [-0.3, -0.25) is 4.90 Å². The average molecular weight is 280 g/mol. The summed E-state index contributed by atoms with van der Waals surface area (Å²) in [5, 5.41) is 8.77. The topological polar surface area (TPSA) is 34.0 Å². The highest BCUT2D eigenvalue weighted by atomic mass is 15.3. The molecule has 1 aliphatic heterocycles. The highest BCUT2D eigenvalue weighted by Crippen LogP contribution is 2.39. The van der Waals surface area contributed by atoms with E-state index in [-0.39, 0.29) is 0 Å². The van der Waals surface area contributed by atoms with E-state index in [0.717, 1.165) is 32.0 Å². The molecular weight excluding hydrogens is 260 g/mol. The van der Waals surface area contributed by atoms with E-state index in [4.69, 9.17) is 0 Å². The first-order chi connectivity index (χ1) is 10.4. The Morgan fingerprint density at radius 3 is 2.76 bits per heavy atom. The molecule has 0 spiro atoms. The second-order valence-corrected chi connectivity index (χ2v) is 5.95. The van der Waals surface area contributed by atoms with E-state index in [2.05, 4.69) is 56.1 Å². The van der Waals surface area contributed by atoms with E-state index < -0.39 is 0 Å². The minimum absolute atomic E-state index is 0.691. The molecule has 2 aliphatic rings. The molecule has 0 radical (unpaired) electrons. The van der Waals surface area contributed by atoms with Gasteiger partial charge in [-0.15, -0.1) is 10.2 Å². The van der Waals surface area contributed by atoms with Gasteiger partial charge in [-0.25, -0.2) is 0 Å². The van der Waals surface area contributed by atoms with Crippen LogP contribution in [0, 0.1) is 0 Å². The Labute approximate surface area is 125 Å². The molecule has 1 aliphatic carbocycles. The fourth-order valence-corrected chi connectivity index (χ4v) is 2.93. The van der Waals surface area contributed by atoms with Gasteiger partial charge in [0.1, 0.15) is 11.6 Å². The lowest BCUT2D eigenvalue weighted by atomic mass is 10.2. The van der Waals surface area contributed by atoms with Gasteiger partial charge >= 0.3 is 0 Å². The van der Waals surface area contributed by atoms with Crippen molar-refractivity contribution >= 4 is 6.08 Å². The van der Waals surface area contributed by atoms with Crippen molar-refractivity contribution in [2.75, 3.05) is 13.1 Å². The van der Waals surface area contributed by atoms with Gasteiger partial charge in [0.2, 0.25) is 0 Å². The zero-order valence-electron chi connectivity index (χ0n) is 12.2. The lowest BCUT2D eigenvalue weighted by Crippen LogP contribution is -2.34. The van der Waals surface area contributed by atoms with Crippen LogP contribution < -0.4 is 0 Å². The molecule has 0 unspecified atom stereocenters. The molecule has 0 N–H and O–H groups in total. The second-order valence-electron chi connectivity index (χ2n) is 5.95. The van der Waals surface area contributed by atoms with Crippen molar-refractivity contribution in [3.63, 3.8) is 0 Å². The lowest BCUT2D eigenvalue weighted by molar-refractivity contribution is 0.237. The van der Waals surface area contributed by atoms with Crippen LogP contribution in [0.15, 0.2) is 36.4 Å². The van der Waals surface area contributed by atoms with Gasteiger partial charge in [0.25, 0.3) is 0 Å². The molecule has 4 nitrogen and oxygen atoms in total. The maximum atomic E-state index is 4.39. The van der Waals surface area contributed by atoms with Crippen molar-refractivity contribution in [1.82, 2.24) is 19.7 Å². The predicted octanol–water partition coefficient (Wildman–Crippen LogP) is 2.68. The first-order valence-corrected chi connectivity index (χ1v) is 7.76. The molecule has 108 valence electrons. The Morgan fingerprint density at radius 2 is 1.95 bits per heavy atom. The number of hydrogen-bond donors (Lipinski definition) is 0. The van der Waals surface area contributed by atoms with E-state index in [9.17, 15) is 0 Å². The van der Waals surface area contributed by atoms with Crippen LogP contribution in [0.2, 0.25) is 0 Å². The van der Waals surface area contributed by atoms with Gasteiger partial charge in [-0.05, 0) is 18.4 Å². The molecule has 4 rings (SSSR count). The van der Waals surface area contributed by atoms with Crippen LogP contribution in [0.1, 0.15) is 36.0 Å². The maximum Gasteiger partial charge on any atom is 0.147 e. The van der Waals surface area contributed by atoms with Crippen LogP contribution in [0.3, 0.4) is 0 Å².